The lowest BCUT2D eigenvalue weighted by Crippen LogP contribution is -2.00. The maximum Gasteiger partial charge on any atom is 0.180 e. The molecule has 0 aliphatic rings. The van der Waals surface area contributed by atoms with E-state index in [-0.39, 0.29) is 5.92 Å². The van der Waals surface area contributed by atoms with Crippen molar-refractivity contribution in [1.82, 2.24) is 4.98 Å². The SMILES string of the molecule is Cc1nc(N)sc1C(C)c1cc(F)ccc1F. The van der Waals surface area contributed by atoms with Crippen molar-refractivity contribution in [3.8, 4) is 0 Å². The minimum Gasteiger partial charge on any atom is -0.375 e. The summed E-state index contributed by atoms with van der Waals surface area (Å²) in [6, 6.07) is 3.47. The van der Waals surface area contributed by atoms with Crippen LogP contribution in [0.1, 0.15) is 29.0 Å². The fourth-order valence-corrected chi connectivity index (χ4v) is 2.72. The van der Waals surface area contributed by atoms with Gasteiger partial charge in [0.25, 0.3) is 0 Å². The molecule has 5 heteroatoms. The number of benzene rings is 1. The third-order valence-corrected chi connectivity index (χ3v) is 3.84. The van der Waals surface area contributed by atoms with E-state index in [1.807, 2.05) is 13.8 Å². The summed E-state index contributed by atoms with van der Waals surface area (Å²) in [4.78, 5) is 4.96. The fraction of sp³-hybridized carbons (Fsp3) is 0.250. The van der Waals surface area contributed by atoms with Crippen LogP contribution < -0.4 is 5.73 Å². The fourth-order valence-electron chi connectivity index (χ4n) is 1.82. The lowest BCUT2D eigenvalue weighted by molar-refractivity contribution is 0.580. The topological polar surface area (TPSA) is 38.9 Å². The maximum atomic E-state index is 13.6. The van der Waals surface area contributed by atoms with Crippen LogP contribution in [0.2, 0.25) is 0 Å². The number of aromatic nitrogens is 1. The highest BCUT2D eigenvalue weighted by atomic mass is 32.1. The Kier molecular flexibility index (Phi) is 3.11. The highest BCUT2D eigenvalue weighted by Crippen LogP contribution is 2.33. The second kappa shape index (κ2) is 4.41. The number of aryl methyl sites for hydroxylation is 1. The summed E-state index contributed by atoms with van der Waals surface area (Å²) in [5.74, 6) is -1.10. The van der Waals surface area contributed by atoms with Gasteiger partial charge < -0.3 is 5.73 Å². The highest BCUT2D eigenvalue weighted by molar-refractivity contribution is 7.15. The van der Waals surface area contributed by atoms with Crippen LogP contribution in [0.5, 0.6) is 0 Å². The summed E-state index contributed by atoms with van der Waals surface area (Å²) in [6.45, 7) is 3.63. The zero-order chi connectivity index (χ0) is 12.6. The predicted octanol–water partition coefficient (Wildman–Crippen LogP) is 3.46. The zero-order valence-electron chi connectivity index (χ0n) is 9.50. The van der Waals surface area contributed by atoms with E-state index in [9.17, 15) is 8.78 Å². The first-order valence-corrected chi connectivity index (χ1v) is 5.98. The van der Waals surface area contributed by atoms with Crippen molar-refractivity contribution < 1.29 is 8.78 Å². The van der Waals surface area contributed by atoms with Gasteiger partial charge >= 0.3 is 0 Å². The molecule has 1 unspecified atom stereocenters. The van der Waals surface area contributed by atoms with E-state index in [2.05, 4.69) is 4.98 Å². The molecule has 0 bridgehead atoms. The Morgan fingerprint density at radius 2 is 2.06 bits per heavy atom. The summed E-state index contributed by atoms with van der Waals surface area (Å²) < 4.78 is 26.8. The van der Waals surface area contributed by atoms with Gasteiger partial charge in [0.1, 0.15) is 11.6 Å². The van der Waals surface area contributed by atoms with E-state index >= 15 is 0 Å². The van der Waals surface area contributed by atoms with E-state index in [1.54, 1.807) is 0 Å². The molecule has 0 aliphatic carbocycles. The molecule has 0 aliphatic heterocycles. The molecule has 0 radical (unpaired) electrons. The van der Waals surface area contributed by atoms with E-state index < -0.39 is 11.6 Å². The van der Waals surface area contributed by atoms with Crippen molar-refractivity contribution in [3.63, 3.8) is 0 Å². The van der Waals surface area contributed by atoms with Crippen LogP contribution in [-0.4, -0.2) is 4.98 Å². The van der Waals surface area contributed by atoms with Crippen LogP contribution in [0.15, 0.2) is 18.2 Å². The van der Waals surface area contributed by atoms with Gasteiger partial charge in [-0.15, -0.1) is 11.3 Å². The molecule has 1 aromatic carbocycles. The number of thiazole rings is 1. The van der Waals surface area contributed by atoms with Gasteiger partial charge in [-0.3, -0.25) is 0 Å². The number of rotatable bonds is 2. The number of nitrogen functional groups attached to an aromatic ring is 1. The lowest BCUT2D eigenvalue weighted by Gasteiger charge is -2.11. The number of hydrogen-bond acceptors (Lipinski definition) is 3. The van der Waals surface area contributed by atoms with Gasteiger partial charge in [-0.1, -0.05) is 6.92 Å². The standard InChI is InChI=1S/C12H12F2N2S/c1-6(11-7(2)16-12(15)17-11)9-5-8(13)3-4-10(9)14/h3-6H,1-2H3,(H2,15,16). The van der Waals surface area contributed by atoms with Crippen molar-refractivity contribution in [2.45, 2.75) is 19.8 Å². The summed E-state index contributed by atoms with van der Waals surface area (Å²) in [5.41, 5.74) is 6.70. The van der Waals surface area contributed by atoms with Gasteiger partial charge in [0, 0.05) is 10.8 Å². The molecule has 0 fully saturated rings. The average Bonchev–Trinajstić information content (AvgIpc) is 2.60. The van der Waals surface area contributed by atoms with Crippen molar-refractivity contribution in [2.75, 3.05) is 5.73 Å². The Bertz CT molecular complexity index is 551. The molecule has 1 atom stereocenters. The van der Waals surface area contributed by atoms with Gasteiger partial charge in [-0.05, 0) is 30.7 Å². The summed E-state index contributed by atoms with van der Waals surface area (Å²) in [5, 5.41) is 0.446. The van der Waals surface area contributed by atoms with Gasteiger partial charge in [-0.2, -0.15) is 0 Å². The molecular formula is C12H12F2N2S. The van der Waals surface area contributed by atoms with Gasteiger partial charge in [0.15, 0.2) is 5.13 Å². The molecule has 17 heavy (non-hydrogen) atoms. The quantitative estimate of drug-likeness (QED) is 0.891. The second-order valence-electron chi connectivity index (χ2n) is 3.89. The number of nitrogens with two attached hydrogens (primary N) is 1. The van der Waals surface area contributed by atoms with Gasteiger partial charge in [0.05, 0.1) is 5.69 Å². The van der Waals surface area contributed by atoms with Gasteiger partial charge in [-0.25, -0.2) is 13.8 Å². The van der Waals surface area contributed by atoms with Crippen molar-refractivity contribution in [1.29, 1.82) is 0 Å². The minimum absolute atomic E-state index is 0.250. The molecule has 90 valence electrons. The molecule has 0 amide bonds. The maximum absolute atomic E-state index is 13.6. The predicted molar refractivity (Wildman–Crippen MR) is 65.1 cm³/mol. The van der Waals surface area contributed by atoms with E-state index in [1.165, 1.54) is 17.4 Å². The van der Waals surface area contributed by atoms with Crippen molar-refractivity contribution >= 4 is 16.5 Å². The minimum atomic E-state index is -0.441. The van der Waals surface area contributed by atoms with Crippen LogP contribution in [0, 0.1) is 18.6 Å². The molecule has 0 saturated heterocycles. The van der Waals surface area contributed by atoms with E-state index in [0.29, 0.717) is 10.7 Å². The monoisotopic (exact) mass is 254 g/mol. The highest BCUT2D eigenvalue weighted by Gasteiger charge is 2.18. The Morgan fingerprint density at radius 3 is 2.65 bits per heavy atom. The smallest absolute Gasteiger partial charge is 0.180 e. The van der Waals surface area contributed by atoms with Crippen LogP contribution in [0.3, 0.4) is 0 Å². The average molecular weight is 254 g/mol. The molecule has 1 heterocycles. The summed E-state index contributed by atoms with van der Waals surface area (Å²) in [7, 11) is 0. The van der Waals surface area contributed by atoms with E-state index in [0.717, 1.165) is 22.7 Å². The molecule has 0 spiro atoms. The third kappa shape index (κ3) is 2.29. The largest absolute Gasteiger partial charge is 0.375 e. The molecule has 2 nitrogen and oxygen atoms in total. The Morgan fingerprint density at radius 1 is 1.35 bits per heavy atom. The number of nitrogens with zero attached hydrogens (tertiary/aromatic N) is 1. The molecule has 1 aromatic heterocycles. The number of halogens is 2. The van der Waals surface area contributed by atoms with Crippen molar-refractivity contribution in [3.05, 3.63) is 46.0 Å². The summed E-state index contributed by atoms with van der Waals surface area (Å²) >= 11 is 1.31. The molecule has 2 N–H and O–H groups in total. The van der Waals surface area contributed by atoms with Crippen LogP contribution in [-0.2, 0) is 0 Å². The van der Waals surface area contributed by atoms with Crippen LogP contribution in [0.25, 0.3) is 0 Å². The Hall–Kier alpha value is -1.49. The van der Waals surface area contributed by atoms with Crippen LogP contribution in [0.4, 0.5) is 13.9 Å². The first-order chi connectivity index (χ1) is 7.99. The van der Waals surface area contributed by atoms with Gasteiger partial charge in [0.2, 0.25) is 0 Å². The Labute approximate surface area is 102 Å². The number of hydrogen-bond donors (Lipinski definition) is 1. The first kappa shape index (κ1) is 12.0. The third-order valence-electron chi connectivity index (χ3n) is 2.67. The number of anilines is 1. The Balaban J connectivity index is 2.46. The molecular weight excluding hydrogens is 242 g/mol. The lowest BCUT2D eigenvalue weighted by atomic mass is 9.98. The van der Waals surface area contributed by atoms with Crippen molar-refractivity contribution in [2.24, 2.45) is 0 Å². The van der Waals surface area contributed by atoms with E-state index in [4.69, 9.17) is 5.73 Å². The van der Waals surface area contributed by atoms with Crippen LogP contribution >= 0.6 is 11.3 Å². The molecule has 0 saturated carbocycles. The molecule has 2 rings (SSSR count). The summed E-state index contributed by atoms with van der Waals surface area (Å²) in [6.07, 6.45) is 0. The zero-order valence-corrected chi connectivity index (χ0v) is 10.3. The second-order valence-corrected chi connectivity index (χ2v) is 4.95. The normalized spacial score (nSPS) is 12.7. The molecule has 2 aromatic rings. The first-order valence-electron chi connectivity index (χ1n) is 5.16.